The molecule has 3 N–H and O–H groups in total. The number of ether oxygens (including phenoxy) is 2. The lowest BCUT2D eigenvalue weighted by atomic mass is 9.99. The molecule has 0 saturated heterocycles. The first-order chi connectivity index (χ1) is 9.43. The Kier molecular flexibility index (Phi) is 6.48. The van der Waals surface area contributed by atoms with E-state index in [1.807, 2.05) is 13.8 Å². The highest BCUT2D eigenvalue weighted by Crippen LogP contribution is 2.22. The van der Waals surface area contributed by atoms with E-state index in [0.717, 1.165) is 5.75 Å². The Morgan fingerprint density at radius 3 is 2.40 bits per heavy atom. The molecule has 0 aromatic heterocycles. The highest BCUT2D eigenvalue weighted by atomic mass is 16.5. The molecule has 0 fully saturated rings. The summed E-state index contributed by atoms with van der Waals surface area (Å²) in [6, 6.07) is 6.64. The summed E-state index contributed by atoms with van der Waals surface area (Å²) in [6.45, 7) is 3.90. The minimum absolute atomic E-state index is 0.105. The second kappa shape index (κ2) is 7.87. The molecular weight excluding hydrogens is 258 g/mol. The van der Waals surface area contributed by atoms with Gasteiger partial charge in [0.05, 0.1) is 19.3 Å². The molecule has 5 nitrogen and oxygen atoms in total. The van der Waals surface area contributed by atoms with Gasteiger partial charge in [-0.05, 0) is 38.0 Å². The molecule has 0 heterocycles. The molecule has 0 saturated carbocycles. The number of nitrogens with two attached hydrogens (primary N) is 1. The van der Waals surface area contributed by atoms with Crippen molar-refractivity contribution in [2.45, 2.75) is 44.9 Å². The minimum Gasteiger partial charge on any atom is -0.491 e. The summed E-state index contributed by atoms with van der Waals surface area (Å²) in [5.74, 6) is 0.424. The van der Waals surface area contributed by atoms with Crippen LogP contribution in [-0.2, 0) is 9.53 Å². The van der Waals surface area contributed by atoms with Crippen molar-refractivity contribution in [2.75, 3.05) is 7.11 Å². The van der Waals surface area contributed by atoms with E-state index in [1.54, 1.807) is 24.3 Å². The molecule has 2 atom stereocenters. The number of aliphatic hydroxyl groups excluding tert-OH is 1. The normalized spacial score (nSPS) is 13.9. The first-order valence-corrected chi connectivity index (χ1v) is 6.71. The van der Waals surface area contributed by atoms with Gasteiger partial charge in [-0.2, -0.15) is 0 Å². The number of esters is 1. The van der Waals surface area contributed by atoms with Crippen LogP contribution in [0.25, 0.3) is 0 Å². The van der Waals surface area contributed by atoms with Crippen molar-refractivity contribution in [1.29, 1.82) is 0 Å². The first-order valence-electron chi connectivity index (χ1n) is 6.71. The highest BCUT2D eigenvalue weighted by molar-refractivity contribution is 5.69. The average Bonchev–Trinajstić information content (AvgIpc) is 2.43. The fourth-order valence-electron chi connectivity index (χ4n) is 1.81. The highest BCUT2D eigenvalue weighted by Gasteiger charge is 2.18. The fourth-order valence-corrected chi connectivity index (χ4v) is 1.81. The zero-order valence-corrected chi connectivity index (χ0v) is 12.2. The van der Waals surface area contributed by atoms with Crippen molar-refractivity contribution in [2.24, 2.45) is 5.73 Å². The molecule has 5 heteroatoms. The molecule has 1 aromatic rings. The van der Waals surface area contributed by atoms with Crippen molar-refractivity contribution in [3.63, 3.8) is 0 Å². The predicted molar refractivity (Wildman–Crippen MR) is 76.4 cm³/mol. The number of benzene rings is 1. The molecule has 20 heavy (non-hydrogen) atoms. The van der Waals surface area contributed by atoms with E-state index in [0.29, 0.717) is 12.0 Å². The first kappa shape index (κ1) is 16.5. The largest absolute Gasteiger partial charge is 0.491 e. The van der Waals surface area contributed by atoms with E-state index in [4.69, 9.17) is 10.5 Å². The topological polar surface area (TPSA) is 81.8 Å². The molecule has 0 amide bonds. The van der Waals surface area contributed by atoms with Crippen molar-refractivity contribution >= 4 is 5.97 Å². The third-order valence-electron chi connectivity index (χ3n) is 2.91. The number of carbonyl (C=O) groups excluding carboxylic acids is 1. The molecule has 0 aliphatic carbocycles. The number of hydrogen-bond acceptors (Lipinski definition) is 5. The van der Waals surface area contributed by atoms with Gasteiger partial charge >= 0.3 is 5.97 Å². The van der Waals surface area contributed by atoms with E-state index in [2.05, 4.69) is 4.74 Å². The molecule has 0 bridgehead atoms. The van der Waals surface area contributed by atoms with Crippen molar-refractivity contribution in [1.82, 2.24) is 0 Å². The Bertz CT molecular complexity index is 416. The van der Waals surface area contributed by atoms with Crippen LogP contribution in [0.3, 0.4) is 0 Å². The molecule has 2 unspecified atom stereocenters. The number of aliphatic hydroxyl groups is 1. The van der Waals surface area contributed by atoms with Gasteiger partial charge in [0.1, 0.15) is 5.75 Å². The van der Waals surface area contributed by atoms with Gasteiger partial charge in [-0.15, -0.1) is 0 Å². The van der Waals surface area contributed by atoms with E-state index >= 15 is 0 Å². The third-order valence-corrected chi connectivity index (χ3v) is 2.91. The lowest BCUT2D eigenvalue weighted by molar-refractivity contribution is -0.140. The smallest absolute Gasteiger partial charge is 0.305 e. The Balaban J connectivity index is 2.57. The van der Waals surface area contributed by atoms with Crippen LogP contribution in [0.4, 0.5) is 0 Å². The number of methoxy groups -OCH3 is 1. The molecule has 1 aromatic carbocycles. The second-order valence-corrected chi connectivity index (χ2v) is 4.96. The molecule has 0 aliphatic heterocycles. The molecular formula is C15H23NO4. The van der Waals surface area contributed by atoms with E-state index < -0.39 is 12.1 Å². The third kappa shape index (κ3) is 5.19. The zero-order valence-electron chi connectivity index (χ0n) is 12.2. The van der Waals surface area contributed by atoms with Gasteiger partial charge in [0.2, 0.25) is 0 Å². The van der Waals surface area contributed by atoms with E-state index in [-0.39, 0.29) is 18.5 Å². The van der Waals surface area contributed by atoms with Crippen molar-refractivity contribution in [3.05, 3.63) is 29.8 Å². The van der Waals surface area contributed by atoms with E-state index in [1.165, 1.54) is 7.11 Å². The fraction of sp³-hybridized carbons (Fsp3) is 0.533. The van der Waals surface area contributed by atoms with Crippen molar-refractivity contribution in [3.8, 4) is 5.75 Å². The molecule has 0 aliphatic rings. The van der Waals surface area contributed by atoms with Crippen LogP contribution in [0.5, 0.6) is 5.75 Å². The summed E-state index contributed by atoms with van der Waals surface area (Å²) in [4.78, 5) is 11.0. The number of hydrogen-bond donors (Lipinski definition) is 2. The monoisotopic (exact) mass is 281 g/mol. The van der Waals surface area contributed by atoms with Gasteiger partial charge < -0.3 is 20.3 Å². The standard InChI is InChI=1S/C15H23NO4/c1-10(2)20-12-6-4-11(5-7-12)15(18)13(16)8-9-14(17)19-3/h4-7,10,13,15,18H,8-9,16H2,1-3H3. The SMILES string of the molecule is COC(=O)CCC(N)C(O)c1ccc(OC(C)C)cc1. The summed E-state index contributed by atoms with van der Waals surface area (Å²) in [5, 5.41) is 10.1. The van der Waals surface area contributed by atoms with Gasteiger partial charge in [0.25, 0.3) is 0 Å². The maximum absolute atomic E-state index is 11.0. The van der Waals surface area contributed by atoms with E-state index in [9.17, 15) is 9.90 Å². The van der Waals surface area contributed by atoms with Crippen LogP contribution < -0.4 is 10.5 Å². The second-order valence-electron chi connectivity index (χ2n) is 4.96. The lowest BCUT2D eigenvalue weighted by Crippen LogP contribution is -2.29. The van der Waals surface area contributed by atoms with Crippen LogP contribution in [0.2, 0.25) is 0 Å². The summed E-state index contributed by atoms with van der Waals surface area (Å²) >= 11 is 0. The lowest BCUT2D eigenvalue weighted by Gasteiger charge is -2.19. The zero-order chi connectivity index (χ0) is 15.1. The van der Waals surface area contributed by atoms with Crippen LogP contribution in [0.1, 0.15) is 38.4 Å². The van der Waals surface area contributed by atoms with Gasteiger partial charge in [-0.1, -0.05) is 12.1 Å². The summed E-state index contributed by atoms with van der Waals surface area (Å²) in [6.07, 6.45) is -0.137. The molecule has 1 rings (SSSR count). The summed E-state index contributed by atoms with van der Waals surface area (Å²) in [5.41, 5.74) is 6.59. The summed E-state index contributed by atoms with van der Waals surface area (Å²) < 4.78 is 10.1. The minimum atomic E-state index is -0.812. The average molecular weight is 281 g/mol. The maximum Gasteiger partial charge on any atom is 0.305 e. The van der Waals surface area contributed by atoms with Crippen LogP contribution in [-0.4, -0.2) is 30.3 Å². The quantitative estimate of drug-likeness (QED) is 0.745. The number of rotatable bonds is 7. The van der Waals surface area contributed by atoms with Crippen molar-refractivity contribution < 1.29 is 19.4 Å². The van der Waals surface area contributed by atoms with Crippen LogP contribution in [0.15, 0.2) is 24.3 Å². The Morgan fingerprint density at radius 2 is 1.90 bits per heavy atom. The Labute approximate surface area is 119 Å². The Morgan fingerprint density at radius 1 is 1.30 bits per heavy atom. The molecule has 0 radical (unpaired) electrons. The van der Waals surface area contributed by atoms with Crippen LogP contribution in [0, 0.1) is 0 Å². The maximum atomic E-state index is 11.0. The number of carbonyl (C=O) groups is 1. The van der Waals surface area contributed by atoms with Gasteiger partial charge in [0, 0.05) is 12.5 Å². The molecule has 112 valence electrons. The van der Waals surface area contributed by atoms with Gasteiger partial charge in [-0.25, -0.2) is 0 Å². The Hall–Kier alpha value is -1.59. The summed E-state index contributed by atoms with van der Waals surface area (Å²) in [7, 11) is 1.33. The predicted octanol–water partition coefficient (Wildman–Crippen LogP) is 1.79. The molecule has 0 spiro atoms. The van der Waals surface area contributed by atoms with Gasteiger partial charge in [-0.3, -0.25) is 4.79 Å². The van der Waals surface area contributed by atoms with Gasteiger partial charge in [0.15, 0.2) is 0 Å². The van der Waals surface area contributed by atoms with Crippen LogP contribution >= 0.6 is 0 Å².